The number of nitro benzene ring substituents is 1. The summed E-state index contributed by atoms with van der Waals surface area (Å²) >= 11 is 12.6. The minimum Gasteiger partial charge on any atom is -0.493 e. The SMILES string of the molecule is COc1ccc([C@H](Cc2c(Cl)c[nH+]cc2Cl)OC(=O)c2ccc([N+](=O)[O-])cc2)cc1OC. The van der Waals surface area contributed by atoms with Crippen molar-refractivity contribution in [1.29, 1.82) is 0 Å². The Kier molecular flexibility index (Phi) is 7.50. The molecule has 0 aliphatic heterocycles. The molecular formula is C22H19Cl2N2O6+. The lowest BCUT2D eigenvalue weighted by Gasteiger charge is -2.20. The quantitative estimate of drug-likeness (QED) is 0.260. The Morgan fingerprint density at radius 2 is 1.66 bits per heavy atom. The van der Waals surface area contributed by atoms with Gasteiger partial charge in [0.15, 0.2) is 23.9 Å². The van der Waals surface area contributed by atoms with E-state index >= 15 is 0 Å². The van der Waals surface area contributed by atoms with Gasteiger partial charge in [0.25, 0.3) is 5.69 Å². The molecule has 0 aliphatic carbocycles. The van der Waals surface area contributed by atoms with E-state index in [1.165, 1.54) is 38.5 Å². The number of aromatic nitrogens is 1. The third kappa shape index (κ3) is 5.27. The third-order valence-corrected chi connectivity index (χ3v) is 5.40. The predicted molar refractivity (Wildman–Crippen MR) is 118 cm³/mol. The molecule has 10 heteroatoms. The van der Waals surface area contributed by atoms with Crippen molar-refractivity contribution < 1.29 is 28.9 Å². The van der Waals surface area contributed by atoms with Crippen LogP contribution in [0, 0.1) is 10.1 Å². The molecule has 1 aromatic heterocycles. The highest BCUT2D eigenvalue weighted by atomic mass is 35.5. The number of nitrogens with one attached hydrogen (secondary N) is 1. The van der Waals surface area contributed by atoms with Crippen molar-refractivity contribution in [3.8, 4) is 11.5 Å². The number of esters is 1. The van der Waals surface area contributed by atoms with Crippen LogP contribution in [0.15, 0.2) is 54.9 Å². The molecule has 0 aliphatic rings. The van der Waals surface area contributed by atoms with Crippen LogP contribution in [-0.4, -0.2) is 25.1 Å². The van der Waals surface area contributed by atoms with Crippen molar-refractivity contribution in [2.24, 2.45) is 0 Å². The molecule has 3 aromatic rings. The van der Waals surface area contributed by atoms with Gasteiger partial charge in [0.05, 0.1) is 24.7 Å². The standard InChI is InChI=1S/C22H18Cl2N2O6/c1-30-19-8-5-14(9-21(19)31-2)20(10-16-17(23)11-25-12-18(16)24)32-22(27)13-3-6-15(7-4-13)26(28)29/h3-9,11-12,20H,10H2,1-2H3/p+1/t20-/m0/s1. The Morgan fingerprint density at radius 3 is 2.22 bits per heavy atom. The van der Waals surface area contributed by atoms with Gasteiger partial charge in [-0.3, -0.25) is 10.1 Å². The number of hydrogen-bond acceptors (Lipinski definition) is 6. The molecule has 0 fully saturated rings. The number of ether oxygens (including phenoxy) is 3. The Hall–Kier alpha value is -3.36. The fourth-order valence-corrected chi connectivity index (χ4v) is 3.59. The summed E-state index contributed by atoms with van der Waals surface area (Å²) < 4.78 is 16.4. The van der Waals surface area contributed by atoms with Crippen molar-refractivity contribution in [3.63, 3.8) is 0 Å². The van der Waals surface area contributed by atoms with E-state index in [2.05, 4.69) is 4.98 Å². The normalized spacial score (nSPS) is 11.5. The molecular weight excluding hydrogens is 459 g/mol. The highest BCUT2D eigenvalue weighted by Crippen LogP contribution is 2.35. The van der Waals surface area contributed by atoms with Crippen LogP contribution in [0.1, 0.15) is 27.6 Å². The molecule has 8 nitrogen and oxygen atoms in total. The fraction of sp³-hybridized carbons (Fsp3) is 0.182. The number of nitrogens with zero attached hydrogens (tertiary/aromatic N) is 1. The predicted octanol–water partition coefficient (Wildman–Crippen LogP) is 4.87. The fourth-order valence-electron chi connectivity index (χ4n) is 3.05. The molecule has 2 aromatic carbocycles. The minimum atomic E-state index is -0.783. The number of pyridine rings is 1. The summed E-state index contributed by atoms with van der Waals surface area (Å²) in [5.41, 5.74) is 1.25. The molecule has 0 unspecified atom stereocenters. The summed E-state index contributed by atoms with van der Waals surface area (Å²) in [7, 11) is 3.02. The van der Waals surface area contributed by atoms with Crippen molar-refractivity contribution in [1.82, 2.24) is 0 Å². The highest BCUT2D eigenvalue weighted by molar-refractivity contribution is 6.35. The third-order valence-electron chi connectivity index (χ3n) is 4.73. The van der Waals surface area contributed by atoms with Gasteiger partial charge in [0.2, 0.25) is 0 Å². The first-order valence-corrected chi connectivity index (χ1v) is 10.1. The summed E-state index contributed by atoms with van der Waals surface area (Å²) in [6, 6.07) is 10.3. The topological polar surface area (TPSA) is 102 Å². The number of aromatic amines is 1. The first-order valence-electron chi connectivity index (χ1n) is 9.35. The van der Waals surface area contributed by atoms with Gasteiger partial charge < -0.3 is 14.2 Å². The Morgan fingerprint density at radius 1 is 1.03 bits per heavy atom. The largest absolute Gasteiger partial charge is 0.493 e. The number of carbonyl (C=O) groups excluding carboxylic acids is 1. The highest BCUT2D eigenvalue weighted by Gasteiger charge is 2.24. The molecule has 0 amide bonds. The van der Waals surface area contributed by atoms with Crippen LogP contribution in [0.4, 0.5) is 5.69 Å². The number of carbonyl (C=O) groups is 1. The molecule has 3 rings (SSSR count). The number of nitro groups is 1. The molecule has 0 saturated heterocycles. The van der Waals surface area contributed by atoms with Crippen molar-refractivity contribution in [2.45, 2.75) is 12.5 Å². The summed E-state index contributed by atoms with van der Waals surface area (Å²) in [5, 5.41) is 11.6. The maximum atomic E-state index is 12.8. The van der Waals surface area contributed by atoms with E-state index in [-0.39, 0.29) is 17.7 Å². The van der Waals surface area contributed by atoms with Crippen LogP contribution >= 0.6 is 23.2 Å². The van der Waals surface area contributed by atoms with E-state index in [4.69, 9.17) is 37.4 Å². The molecule has 0 saturated carbocycles. The molecule has 1 N–H and O–H groups in total. The van der Waals surface area contributed by atoms with E-state index in [0.29, 0.717) is 32.7 Å². The number of non-ortho nitro benzene ring substituents is 1. The smallest absolute Gasteiger partial charge is 0.338 e. The number of rotatable bonds is 8. The zero-order valence-electron chi connectivity index (χ0n) is 17.1. The molecule has 166 valence electrons. The van der Waals surface area contributed by atoms with E-state index < -0.39 is 17.0 Å². The lowest BCUT2D eigenvalue weighted by Crippen LogP contribution is -2.15. The van der Waals surface area contributed by atoms with Crippen molar-refractivity contribution in [3.05, 3.63) is 91.7 Å². The van der Waals surface area contributed by atoms with Gasteiger partial charge in [-0.05, 0) is 29.8 Å². The van der Waals surface area contributed by atoms with Gasteiger partial charge in [-0.2, -0.15) is 0 Å². The zero-order chi connectivity index (χ0) is 23.3. The number of hydrogen-bond donors (Lipinski definition) is 0. The maximum absolute atomic E-state index is 12.8. The Labute approximate surface area is 193 Å². The van der Waals surface area contributed by atoms with Gasteiger partial charge in [-0.1, -0.05) is 29.3 Å². The van der Waals surface area contributed by atoms with Gasteiger partial charge >= 0.3 is 5.97 Å². The number of halogens is 2. The maximum Gasteiger partial charge on any atom is 0.338 e. The molecule has 0 spiro atoms. The van der Waals surface area contributed by atoms with Crippen LogP contribution in [-0.2, 0) is 11.2 Å². The van der Waals surface area contributed by atoms with E-state index in [9.17, 15) is 14.9 Å². The first kappa shape index (κ1) is 23.3. The van der Waals surface area contributed by atoms with Gasteiger partial charge in [-0.15, -0.1) is 0 Å². The Bertz CT molecular complexity index is 1120. The number of methoxy groups -OCH3 is 2. The summed E-state index contributed by atoms with van der Waals surface area (Å²) in [6.07, 6.45) is 2.55. The molecule has 1 heterocycles. The van der Waals surface area contributed by atoms with E-state index in [0.717, 1.165) is 0 Å². The van der Waals surface area contributed by atoms with Gasteiger partial charge in [-0.25, -0.2) is 9.78 Å². The molecule has 0 bridgehead atoms. The average molecular weight is 478 g/mol. The second-order valence-electron chi connectivity index (χ2n) is 6.65. The lowest BCUT2D eigenvalue weighted by molar-refractivity contribution is -0.384. The molecule has 1 atom stereocenters. The van der Waals surface area contributed by atoms with E-state index in [1.54, 1.807) is 30.6 Å². The van der Waals surface area contributed by atoms with Gasteiger partial charge in [0, 0.05) is 24.1 Å². The summed E-state index contributed by atoms with van der Waals surface area (Å²) in [6.45, 7) is 0. The van der Waals surface area contributed by atoms with Crippen molar-refractivity contribution in [2.75, 3.05) is 14.2 Å². The summed E-state index contributed by atoms with van der Waals surface area (Å²) in [5.74, 6) is 0.316. The zero-order valence-corrected chi connectivity index (χ0v) is 18.6. The van der Waals surface area contributed by atoms with Crippen LogP contribution < -0.4 is 14.5 Å². The molecule has 0 radical (unpaired) electrons. The lowest BCUT2D eigenvalue weighted by atomic mass is 10.0. The van der Waals surface area contributed by atoms with Crippen LogP contribution in [0.25, 0.3) is 0 Å². The first-order chi connectivity index (χ1) is 15.3. The second-order valence-corrected chi connectivity index (χ2v) is 7.46. The second kappa shape index (κ2) is 10.3. The average Bonchev–Trinajstić information content (AvgIpc) is 2.80. The van der Waals surface area contributed by atoms with E-state index in [1.807, 2.05) is 0 Å². The monoisotopic (exact) mass is 477 g/mol. The van der Waals surface area contributed by atoms with Crippen LogP contribution in [0.3, 0.4) is 0 Å². The minimum absolute atomic E-state index is 0.128. The molecule has 32 heavy (non-hydrogen) atoms. The van der Waals surface area contributed by atoms with Gasteiger partial charge in [0.1, 0.15) is 16.1 Å². The van der Waals surface area contributed by atoms with Crippen LogP contribution in [0.5, 0.6) is 11.5 Å². The number of H-pyrrole nitrogens is 1. The Balaban J connectivity index is 1.96. The summed E-state index contributed by atoms with van der Waals surface area (Å²) in [4.78, 5) is 26.0. The van der Waals surface area contributed by atoms with Crippen molar-refractivity contribution >= 4 is 34.9 Å². The number of benzene rings is 2. The van der Waals surface area contributed by atoms with Crippen LogP contribution in [0.2, 0.25) is 10.0 Å².